The first kappa shape index (κ1) is 14.5. The summed E-state index contributed by atoms with van der Waals surface area (Å²) in [6.07, 6.45) is 1.69. The zero-order valence-electron chi connectivity index (χ0n) is 11.4. The van der Waals surface area contributed by atoms with Crippen molar-refractivity contribution < 1.29 is 10.2 Å². The molecule has 0 aromatic carbocycles. The molecule has 0 aliphatic carbocycles. The van der Waals surface area contributed by atoms with E-state index in [0.717, 1.165) is 0 Å². The number of anilines is 1. The minimum atomic E-state index is -0.952. The molecule has 0 spiro atoms. The van der Waals surface area contributed by atoms with Crippen LogP contribution in [0.15, 0.2) is 9.79 Å². The normalized spacial score (nSPS) is 34.3. The monoisotopic (exact) mass is 311 g/mol. The van der Waals surface area contributed by atoms with Gasteiger partial charge in [0.1, 0.15) is 0 Å². The van der Waals surface area contributed by atoms with Crippen LogP contribution < -0.4 is 16.6 Å². The van der Waals surface area contributed by atoms with E-state index in [4.69, 9.17) is 5.73 Å². The van der Waals surface area contributed by atoms with Crippen molar-refractivity contribution in [3.63, 3.8) is 0 Å². The maximum absolute atomic E-state index is 11.8. The third-order valence-corrected chi connectivity index (χ3v) is 4.58. The van der Waals surface area contributed by atoms with E-state index in [9.17, 15) is 15.0 Å². The number of hydrogen-bond donors (Lipinski definition) is 5. The van der Waals surface area contributed by atoms with Gasteiger partial charge in [0, 0.05) is 24.1 Å². The highest BCUT2D eigenvalue weighted by atomic mass is 32.2. The van der Waals surface area contributed by atoms with Gasteiger partial charge in [0.25, 0.3) is 5.56 Å². The number of aromatic amines is 1. The molecule has 1 aromatic heterocycles. The van der Waals surface area contributed by atoms with E-state index >= 15 is 0 Å². The lowest BCUT2D eigenvalue weighted by Crippen LogP contribution is -2.39. The number of thioether (sulfide) groups is 1. The van der Waals surface area contributed by atoms with Crippen molar-refractivity contribution in [3.05, 3.63) is 16.0 Å². The van der Waals surface area contributed by atoms with E-state index in [1.54, 1.807) is 18.0 Å². The Bertz CT molecular complexity index is 634. The molecule has 3 rings (SSSR count). The average molecular weight is 311 g/mol. The molecule has 0 bridgehead atoms. The molecule has 1 fully saturated rings. The summed E-state index contributed by atoms with van der Waals surface area (Å²) in [5.41, 5.74) is 5.82. The van der Waals surface area contributed by atoms with E-state index in [1.165, 1.54) is 0 Å². The van der Waals surface area contributed by atoms with Gasteiger partial charge in [-0.1, -0.05) is 0 Å². The van der Waals surface area contributed by atoms with Crippen LogP contribution in [-0.4, -0.2) is 62.7 Å². The van der Waals surface area contributed by atoms with Crippen molar-refractivity contribution in [2.45, 2.75) is 30.2 Å². The molecule has 2 aliphatic heterocycles. The summed E-state index contributed by atoms with van der Waals surface area (Å²) < 4.78 is 0. The van der Waals surface area contributed by atoms with Gasteiger partial charge in [-0.2, -0.15) is 11.8 Å². The summed E-state index contributed by atoms with van der Waals surface area (Å²) in [6.45, 7) is 0. The van der Waals surface area contributed by atoms with Gasteiger partial charge in [-0.05, 0) is 6.26 Å². The van der Waals surface area contributed by atoms with Gasteiger partial charge in [-0.3, -0.25) is 14.8 Å². The lowest BCUT2D eigenvalue weighted by Gasteiger charge is -2.21. The number of aliphatic hydroxyl groups is 2. The summed E-state index contributed by atoms with van der Waals surface area (Å²) in [5, 5.41) is 23.6. The summed E-state index contributed by atoms with van der Waals surface area (Å²) in [5.74, 6) is 0.306. The summed E-state index contributed by atoms with van der Waals surface area (Å²) in [4.78, 5) is 22.4. The maximum Gasteiger partial charge on any atom is 0.278 e. The molecule has 0 radical (unpaired) electrons. The Hall–Kier alpha value is -1.42. The Balaban J connectivity index is 1.91. The first-order chi connectivity index (χ1) is 10.0. The number of nitrogen functional groups attached to an aromatic ring is 1. The predicted molar refractivity (Wildman–Crippen MR) is 81.3 cm³/mol. The number of nitrogens with zero attached hydrogens (tertiary/aromatic N) is 2. The highest BCUT2D eigenvalue weighted by molar-refractivity contribution is 7.98. The predicted octanol–water partition coefficient (Wildman–Crippen LogP) is -1.42. The summed E-state index contributed by atoms with van der Waals surface area (Å²) >= 11 is 1.58. The maximum atomic E-state index is 11.8. The fraction of sp³-hybridized carbons (Fsp3) is 0.583. The lowest BCUT2D eigenvalue weighted by molar-refractivity contribution is 0.0299. The zero-order valence-corrected chi connectivity index (χ0v) is 12.2. The first-order valence-electron chi connectivity index (χ1n) is 6.58. The van der Waals surface area contributed by atoms with Crippen molar-refractivity contribution in [2.24, 2.45) is 4.99 Å². The Morgan fingerprint density at radius 1 is 1.43 bits per heavy atom. The van der Waals surface area contributed by atoms with Crippen molar-refractivity contribution in [2.75, 3.05) is 17.7 Å². The molecular weight excluding hydrogens is 294 g/mol. The molecular formula is C12H17N5O3S. The number of fused-ring (bicyclic) bond motifs is 1. The minimum Gasteiger partial charge on any atom is -0.389 e. The van der Waals surface area contributed by atoms with Crippen LogP contribution in [0.3, 0.4) is 0 Å². The summed E-state index contributed by atoms with van der Waals surface area (Å²) in [7, 11) is 0. The van der Waals surface area contributed by atoms with E-state index < -0.39 is 23.8 Å². The quantitative estimate of drug-likeness (QED) is 0.462. The van der Waals surface area contributed by atoms with Crippen LogP contribution in [0.4, 0.5) is 11.6 Å². The molecule has 5 atom stereocenters. The van der Waals surface area contributed by atoms with Crippen LogP contribution in [0, 0.1) is 0 Å². The molecule has 114 valence electrons. The molecule has 3 heterocycles. The number of aliphatic hydroxyl groups excluding tert-OH is 2. The van der Waals surface area contributed by atoms with E-state index in [2.05, 4.69) is 20.3 Å². The van der Waals surface area contributed by atoms with Crippen LogP contribution in [0.5, 0.6) is 0 Å². The first-order valence-corrected chi connectivity index (χ1v) is 7.97. The van der Waals surface area contributed by atoms with Crippen molar-refractivity contribution in [3.8, 4) is 0 Å². The van der Waals surface area contributed by atoms with Gasteiger partial charge in [-0.15, -0.1) is 0 Å². The molecule has 6 N–H and O–H groups in total. The van der Waals surface area contributed by atoms with Gasteiger partial charge >= 0.3 is 0 Å². The number of nitrogens with two attached hydrogens (primary N) is 1. The fourth-order valence-electron chi connectivity index (χ4n) is 2.89. The smallest absolute Gasteiger partial charge is 0.278 e. The Kier molecular flexibility index (Phi) is 3.74. The number of nitrogens with one attached hydrogen (secondary N) is 2. The van der Waals surface area contributed by atoms with Gasteiger partial charge in [0.15, 0.2) is 5.69 Å². The number of aromatic nitrogens is 2. The van der Waals surface area contributed by atoms with Crippen molar-refractivity contribution in [1.82, 2.24) is 15.3 Å². The molecule has 8 nitrogen and oxygen atoms in total. The Morgan fingerprint density at radius 3 is 2.90 bits per heavy atom. The standard InChI is InChI=1S/C12H17N5O3S/c1-21-3-5-9(18)10(19)7(15-5)4-2-14-8-6(4)16-12(13)17-11(8)20/h2,4-5,7,9-10,15,18-19H,3H2,1H3,(H3,13,16,17,20)/t4?,5-,7+,9-,10+/m1/s1. The second-order valence-corrected chi connectivity index (χ2v) is 6.14. The molecule has 21 heavy (non-hydrogen) atoms. The van der Waals surface area contributed by atoms with Crippen molar-refractivity contribution in [1.29, 1.82) is 0 Å². The number of aliphatic imine (C=N–C) groups is 1. The minimum absolute atomic E-state index is 0.0166. The molecule has 0 saturated carbocycles. The van der Waals surface area contributed by atoms with Gasteiger partial charge in [-0.25, -0.2) is 4.98 Å². The number of hydrogen-bond acceptors (Lipinski definition) is 8. The van der Waals surface area contributed by atoms with Crippen LogP contribution in [0.25, 0.3) is 0 Å². The SMILES string of the molecule is CSC[C@H]1N[C@@H](C2C=Nc3c2nc(N)[nH]c3=O)[C@H](O)[C@@H]1O. The van der Waals surface area contributed by atoms with Crippen LogP contribution in [0.1, 0.15) is 11.6 Å². The third kappa shape index (κ3) is 2.35. The topological polar surface area (TPSA) is 137 Å². The fourth-order valence-corrected chi connectivity index (χ4v) is 3.54. The molecule has 2 aliphatic rings. The largest absolute Gasteiger partial charge is 0.389 e. The van der Waals surface area contributed by atoms with Crippen LogP contribution in [-0.2, 0) is 0 Å². The molecule has 1 unspecified atom stereocenters. The second-order valence-electron chi connectivity index (χ2n) is 5.22. The molecule has 1 saturated heterocycles. The Morgan fingerprint density at radius 2 is 2.19 bits per heavy atom. The van der Waals surface area contributed by atoms with Gasteiger partial charge < -0.3 is 21.3 Å². The lowest BCUT2D eigenvalue weighted by atomic mass is 9.94. The third-order valence-electron chi connectivity index (χ3n) is 3.89. The highest BCUT2D eigenvalue weighted by Gasteiger charge is 2.46. The van der Waals surface area contributed by atoms with Crippen LogP contribution >= 0.6 is 11.8 Å². The van der Waals surface area contributed by atoms with Gasteiger partial charge in [0.05, 0.1) is 23.8 Å². The zero-order chi connectivity index (χ0) is 15.1. The molecule has 9 heteroatoms. The van der Waals surface area contributed by atoms with Crippen LogP contribution in [0.2, 0.25) is 0 Å². The van der Waals surface area contributed by atoms with Gasteiger partial charge in [0.2, 0.25) is 5.95 Å². The number of rotatable bonds is 3. The molecule has 1 aromatic rings. The van der Waals surface area contributed by atoms with Crippen molar-refractivity contribution >= 4 is 29.6 Å². The summed E-state index contributed by atoms with van der Waals surface area (Å²) in [6, 6.07) is -0.660. The average Bonchev–Trinajstić information content (AvgIpc) is 2.96. The molecule has 0 amide bonds. The number of H-pyrrole nitrogens is 1. The highest BCUT2D eigenvalue weighted by Crippen LogP contribution is 2.34. The van der Waals surface area contributed by atoms with E-state index in [1.807, 2.05) is 6.26 Å². The van der Waals surface area contributed by atoms with E-state index in [0.29, 0.717) is 11.4 Å². The van der Waals surface area contributed by atoms with E-state index in [-0.39, 0.29) is 23.6 Å². The Labute approximate surface area is 124 Å². The second kappa shape index (κ2) is 5.41.